The van der Waals surface area contributed by atoms with E-state index >= 15 is 0 Å². The summed E-state index contributed by atoms with van der Waals surface area (Å²) >= 11 is 0. The third-order valence-corrected chi connectivity index (χ3v) is 4.95. The maximum absolute atomic E-state index is 13.0. The number of carbonyl (C=O) groups excluding carboxylic acids is 2. The molecule has 4 atom stereocenters. The summed E-state index contributed by atoms with van der Waals surface area (Å²) in [5.41, 5.74) is -0.796. The van der Waals surface area contributed by atoms with E-state index in [9.17, 15) is 9.59 Å². The summed E-state index contributed by atoms with van der Waals surface area (Å²) in [7, 11) is 0. The molecule has 0 bridgehead atoms. The minimum Gasteiger partial charge on any atom is -0.376 e. The van der Waals surface area contributed by atoms with Gasteiger partial charge >= 0.3 is 0 Å². The van der Waals surface area contributed by atoms with Crippen LogP contribution in [0.3, 0.4) is 0 Å². The summed E-state index contributed by atoms with van der Waals surface area (Å²) in [6, 6.07) is -0.472. The zero-order valence-electron chi connectivity index (χ0n) is 13.8. The maximum atomic E-state index is 13.0. The molecule has 2 aliphatic rings. The minimum atomic E-state index is -0.796. The second-order valence-electron chi connectivity index (χ2n) is 6.87. The van der Waals surface area contributed by atoms with Gasteiger partial charge in [-0.2, -0.15) is 0 Å². The molecule has 1 N–H and O–H groups in total. The normalized spacial score (nSPS) is 35.2. The summed E-state index contributed by atoms with van der Waals surface area (Å²) in [6.45, 7) is 10.5. The topological polar surface area (TPSA) is 58.6 Å². The molecule has 0 spiro atoms. The molecule has 0 saturated carbocycles. The zero-order chi connectivity index (χ0) is 15.8. The van der Waals surface area contributed by atoms with Gasteiger partial charge in [0.2, 0.25) is 11.8 Å². The molecule has 0 radical (unpaired) electrons. The summed E-state index contributed by atoms with van der Waals surface area (Å²) in [5, 5.41) is 2.93. The third-order valence-electron chi connectivity index (χ3n) is 4.95. The number of hydrogen-bond acceptors (Lipinski definition) is 3. The number of nitrogens with one attached hydrogen (secondary N) is 1. The van der Waals surface area contributed by atoms with Gasteiger partial charge in [0.15, 0.2) is 0 Å². The highest BCUT2D eigenvalue weighted by Gasteiger charge is 2.50. The smallest absolute Gasteiger partial charge is 0.249 e. The Hall–Kier alpha value is -1.10. The Morgan fingerprint density at radius 3 is 2.52 bits per heavy atom. The highest BCUT2D eigenvalue weighted by Crippen LogP contribution is 2.30. The molecule has 2 aliphatic heterocycles. The summed E-state index contributed by atoms with van der Waals surface area (Å²) in [6.07, 6.45) is 2.63. The highest BCUT2D eigenvalue weighted by atomic mass is 16.5. The van der Waals surface area contributed by atoms with E-state index in [0.717, 1.165) is 19.4 Å². The van der Waals surface area contributed by atoms with Crippen LogP contribution in [-0.4, -0.2) is 47.0 Å². The van der Waals surface area contributed by atoms with Gasteiger partial charge in [0, 0.05) is 6.61 Å². The van der Waals surface area contributed by atoms with Crippen LogP contribution in [-0.2, 0) is 14.3 Å². The van der Waals surface area contributed by atoms with Gasteiger partial charge in [-0.1, -0.05) is 20.8 Å². The number of amides is 2. The SMILES string of the molecule is CCC1(C)NC(=O)C(C(C)C)N(C(C)C2CCCO2)C1=O. The average Bonchev–Trinajstić information content (AvgIpc) is 2.95. The maximum Gasteiger partial charge on any atom is 0.249 e. The highest BCUT2D eigenvalue weighted by molar-refractivity contribution is 5.99. The molecule has 0 aliphatic carbocycles. The van der Waals surface area contributed by atoms with Crippen molar-refractivity contribution in [2.24, 2.45) is 5.92 Å². The van der Waals surface area contributed by atoms with E-state index in [2.05, 4.69) is 5.32 Å². The van der Waals surface area contributed by atoms with Crippen LogP contribution in [0.4, 0.5) is 0 Å². The van der Waals surface area contributed by atoms with E-state index in [1.807, 2.05) is 34.6 Å². The van der Waals surface area contributed by atoms with Crippen LogP contribution in [0.5, 0.6) is 0 Å². The molecular formula is C16H28N2O3. The first-order valence-electron chi connectivity index (χ1n) is 8.08. The average molecular weight is 296 g/mol. The number of carbonyl (C=O) groups is 2. The fourth-order valence-corrected chi connectivity index (χ4v) is 3.40. The van der Waals surface area contributed by atoms with Gasteiger partial charge in [0.1, 0.15) is 11.6 Å². The van der Waals surface area contributed by atoms with Crippen molar-refractivity contribution in [3.63, 3.8) is 0 Å². The number of piperazine rings is 1. The molecule has 5 heteroatoms. The molecule has 0 aromatic carbocycles. The van der Waals surface area contributed by atoms with Gasteiger partial charge < -0.3 is 15.0 Å². The molecule has 2 saturated heterocycles. The van der Waals surface area contributed by atoms with Crippen LogP contribution in [0.1, 0.15) is 53.9 Å². The van der Waals surface area contributed by atoms with Crippen molar-refractivity contribution in [3.8, 4) is 0 Å². The molecule has 120 valence electrons. The Balaban J connectivity index is 2.33. The Labute approximate surface area is 127 Å². The van der Waals surface area contributed by atoms with Gasteiger partial charge in [-0.05, 0) is 39.0 Å². The lowest BCUT2D eigenvalue weighted by molar-refractivity contribution is -0.162. The fraction of sp³-hybridized carbons (Fsp3) is 0.875. The van der Waals surface area contributed by atoms with Crippen LogP contribution in [0.25, 0.3) is 0 Å². The van der Waals surface area contributed by atoms with Gasteiger partial charge in [-0.25, -0.2) is 0 Å². The largest absolute Gasteiger partial charge is 0.376 e. The van der Waals surface area contributed by atoms with Gasteiger partial charge in [-0.15, -0.1) is 0 Å². The van der Waals surface area contributed by atoms with Crippen molar-refractivity contribution in [1.82, 2.24) is 10.2 Å². The van der Waals surface area contributed by atoms with E-state index in [4.69, 9.17) is 4.74 Å². The lowest BCUT2D eigenvalue weighted by Gasteiger charge is -2.49. The first-order chi connectivity index (χ1) is 9.81. The minimum absolute atomic E-state index is 0.0197. The zero-order valence-corrected chi connectivity index (χ0v) is 13.8. The molecule has 5 nitrogen and oxygen atoms in total. The number of rotatable bonds is 4. The quantitative estimate of drug-likeness (QED) is 0.859. The molecule has 2 heterocycles. The predicted molar refractivity (Wildman–Crippen MR) is 80.7 cm³/mol. The van der Waals surface area contributed by atoms with Crippen molar-refractivity contribution in [3.05, 3.63) is 0 Å². The van der Waals surface area contributed by atoms with Crippen LogP contribution in [0.15, 0.2) is 0 Å². The van der Waals surface area contributed by atoms with Crippen molar-refractivity contribution >= 4 is 11.8 Å². The van der Waals surface area contributed by atoms with Gasteiger partial charge in [0.25, 0.3) is 0 Å². The summed E-state index contributed by atoms with van der Waals surface area (Å²) < 4.78 is 5.76. The van der Waals surface area contributed by atoms with Gasteiger partial charge in [0.05, 0.1) is 12.1 Å². The fourth-order valence-electron chi connectivity index (χ4n) is 3.40. The molecular weight excluding hydrogens is 268 g/mol. The first kappa shape index (κ1) is 16.3. The lowest BCUT2D eigenvalue weighted by atomic mass is 9.86. The Kier molecular flexibility index (Phi) is 4.61. The van der Waals surface area contributed by atoms with E-state index < -0.39 is 11.6 Å². The number of ether oxygens (including phenoxy) is 1. The van der Waals surface area contributed by atoms with Crippen LogP contribution < -0.4 is 5.32 Å². The summed E-state index contributed by atoms with van der Waals surface area (Å²) in [4.78, 5) is 27.3. The lowest BCUT2D eigenvalue weighted by Crippen LogP contribution is -2.72. The van der Waals surface area contributed by atoms with Crippen molar-refractivity contribution in [2.75, 3.05) is 6.61 Å². The number of nitrogens with zero attached hydrogens (tertiary/aromatic N) is 1. The standard InChI is InChI=1S/C16H28N2O3/c1-6-16(5)15(20)18(11(4)12-8-7-9-21-12)13(10(2)3)14(19)17-16/h10-13H,6-9H2,1-5H3,(H,17,19). The molecule has 0 aromatic rings. The molecule has 2 amide bonds. The molecule has 21 heavy (non-hydrogen) atoms. The Morgan fingerprint density at radius 2 is 2.05 bits per heavy atom. The van der Waals surface area contributed by atoms with Crippen LogP contribution >= 0.6 is 0 Å². The van der Waals surface area contributed by atoms with Crippen LogP contribution in [0.2, 0.25) is 0 Å². The molecule has 2 rings (SSSR count). The number of hydrogen-bond donors (Lipinski definition) is 1. The second-order valence-corrected chi connectivity index (χ2v) is 6.87. The third kappa shape index (κ3) is 2.80. The Morgan fingerprint density at radius 1 is 1.38 bits per heavy atom. The van der Waals surface area contributed by atoms with E-state index in [1.165, 1.54) is 0 Å². The summed E-state index contributed by atoms with van der Waals surface area (Å²) in [5.74, 6) is 0.0595. The van der Waals surface area contributed by atoms with Crippen molar-refractivity contribution in [2.45, 2.75) is 77.6 Å². The first-order valence-corrected chi connectivity index (χ1v) is 8.08. The molecule has 4 unspecified atom stereocenters. The van der Waals surface area contributed by atoms with Crippen LogP contribution in [0, 0.1) is 5.92 Å². The van der Waals surface area contributed by atoms with E-state index in [1.54, 1.807) is 4.90 Å². The van der Waals surface area contributed by atoms with Gasteiger partial charge in [-0.3, -0.25) is 9.59 Å². The van der Waals surface area contributed by atoms with Crippen molar-refractivity contribution < 1.29 is 14.3 Å². The van der Waals surface area contributed by atoms with E-state index in [-0.39, 0.29) is 29.9 Å². The van der Waals surface area contributed by atoms with E-state index in [0.29, 0.717) is 6.42 Å². The predicted octanol–water partition coefficient (Wildman–Crippen LogP) is 1.71. The second kappa shape index (κ2) is 5.95. The van der Waals surface area contributed by atoms with Crippen molar-refractivity contribution in [1.29, 1.82) is 0 Å². The molecule has 2 fully saturated rings. The Bertz CT molecular complexity index is 418. The monoisotopic (exact) mass is 296 g/mol. The molecule has 0 aromatic heterocycles.